The number of carbonyl (C=O) groups excluding carboxylic acids is 4. The Morgan fingerprint density at radius 3 is 1.88 bits per heavy atom. The SMILES string of the molecule is CC(C)[C@@H](C(=O)N[C@@H](CC(=O)OC(C)(C)C)C(=O)O)N(C)C(=O)[C@H](Cc1ccccc1)N(C)C(=O)OCc1ccccc1. The number of carboxylic acids is 1. The van der Waals surface area contributed by atoms with E-state index in [0.717, 1.165) is 11.1 Å². The first-order chi connectivity index (χ1) is 20.1. The van der Waals surface area contributed by atoms with Crippen LogP contribution in [0.1, 0.15) is 52.2 Å². The van der Waals surface area contributed by atoms with Gasteiger partial charge in [0.2, 0.25) is 11.8 Å². The van der Waals surface area contributed by atoms with Gasteiger partial charge in [0.25, 0.3) is 0 Å². The average molecular weight is 598 g/mol. The number of amides is 3. The number of ether oxygens (including phenoxy) is 2. The Morgan fingerprint density at radius 1 is 0.860 bits per heavy atom. The monoisotopic (exact) mass is 597 g/mol. The molecule has 0 fully saturated rings. The summed E-state index contributed by atoms with van der Waals surface area (Å²) in [5.41, 5.74) is 0.730. The van der Waals surface area contributed by atoms with Crippen molar-refractivity contribution in [3.8, 4) is 0 Å². The number of carbonyl (C=O) groups is 5. The van der Waals surface area contributed by atoms with E-state index < -0.39 is 65.9 Å². The van der Waals surface area contributed by atoms with E-state index in [9.17, 15) is 29.1 Å². The fraction of sp³-hybridized carbons (Fsp3) is 0.469. The van der Waals surface area contributed by atoms with E-state index in [0.29, 0.717) is 0 Å². The molecule has 0 radical (unpaired) electrons. The van der Waals surface area contributed by atoms with E-state index in [1.807, 2.05) is 60.7 Å². The third kappa shape index (κ3) is 11.1. The number of carboxylic acid groups (broad SMARTS) is 1. The zero-order chi connectivity index (χ0) is 32.3. The Morgan fingerprint density at radius 2 is 1.40 bits per heavy atom. The van der Waals surface area contributed by atoms with E-state index >= 15 is 0 Å². The number of nitrogens with one attached hydrogen (secondary N) is 1. The van der Waals surface area contributed by atoms with Crippen molar-refractivity contribution in [2.75, 3.05) is 14.1 Å². The molecule has 11 heteroatoms. The summed E-state index contributed by atoms with van der Waals surface area (Å²) in [5, 5.41) is 12.1. The van der Waals surface area contributed by atoms with Crippen molar-refractivity contribution in [1.29, 1.82) is 0 Å². The van der Waals surface area contributed by atoms with Crippen LogP contribution in [0.15, 0.2) is 60.7 Å². The average Bonchev–Trinajstić information content (AvgIpc) is 2.93. The van der Waals surface area contributed by atoms with Gasteiger partial charge in [0.15, 0.2) is 0 Å². The van der Waals surface area contributed by atoms with E-state index in [1.165, 1.54) is 23.9 Å². The quantitative estimate of drug-likeness (QED) is 0.333. The molecule has 0 spiro atoms. The Kier molecular flexibility index (Phi) is 12.7. The Labute approximate surface area is 253 Å². The summed E-state index contributed by atoms with van der Waals surface area (Å²) in [7, 11) is 2.88. The first-order valence-electron chi connectivity index (χ1n) is 14.1. The van der Waals surface area contributed by atoms with Crippen LogP contribution in [0.3, 0.4) is 0 Å². The Hall–Kier alpha value is -4.41. The summed E-state index contributed by atoms with van der Waals surface area (Å²) in [4.78, 5) is 67.1. The lowest BCUT2D eigenvalue weighted by Crippen LogP contribution is -2.58. The molecule has 0 saturated carbocycles. The van der Waals surface area contributed by atoms with Crippen LogP contribution >= 0.6 is 0 Å². The van der Waals surface area contributed by atoms with Gasteiger partial charge in [-0.3, -0.25) is 19.3 Å². The molecule has 43 heavy (non-hydrogen) atoms. The normalized spacial score (nSPS) is 13.3. The predicted octanol–water partition coefficient (Wildman–Crippen LogP) is 3.65. The van der Waals surface area contributed by atoms with Crippen molar-refractivity contribution in [2.45, 2.75) is 77.8 Å². The first-order valence-corrected chi connectivity index (χ1v) is 14.1. The van der Waals surface area contributed by atoms with E-state index in [-0.39, 0.29) is 13.0 Å². The maximum absolute atomic E-state index is 14.0. The minimum atomic E-state index is -1.57. The molecule has 2 N–H and O–H groups in total. The zero-order valence-corrected chi connectivity index (χ0v) is 25.9. The molecule has 0 aliphatic heterocycles. The van der Waals surface area contributed by atoms with Gasteiger partial charge in [-0.05, 0) is 37.8 Å². The van der Waals surface area contributed by atoms with Crippen molar-refractivity contribution >= 4 is 29.8 Å². The van der Waals surface area contributed by atoms with Crippen LogP contribution < -0.4 is 5.32 Å². The summed E-state index contributed by atoms with van der Waals surface area (Å²) in [6.45, 7) is 8.37. The molecule has 0 aliphatic carbocycles. The second-order valence-corrected chi connectivity index (χ2v) is 11.7. The number of likely N-dealkylation sites (N-methyl/N-ethyl adjacent to an activating group) is 2. The largest absolute Gasteiger partial charge is 0.480 e. The maximum Gasteiger partial charge on any atom is 0.410 e. The highest BCUT2D eigenvalue weighted by Crippen LogP contribution is 2.18. The first kappa shape index (κ1) is 34.8. The van der Waals surface area contributed by atoms with Gasteiger partial charge in [-0.15, -0.1) is 0 Å². The number of hydrogen-bond acceptors (Lipinski definition) is 7. The molecule has 2 rings (SSSR count). The fourth-order valence-electron chi connectivity index (χ4n) is 4.48. The topological polar surface area (TPSA) is 143 Å². The Balaban J connectivity index is 2.28. The Bertz CT molecular complexity index is 1240. The minimum Gasteiger partial charge on any atom is -0.480 e. The number of benzene rings is 2. The van der Waals surface area contributed by atoms with Gasteiger partial charge in [0.05, 0.1) is 6.42 Å². The second kappa shape index (κ2) is 15.7. The predicted molar refractivity (Wildman–Crippen MR) is 160 cm³/mol. The second-order valence-electron chi connectivity index (χ2n) is 11.7. The van der Waals surface area contributed by atoms with Crippen molar-refractivity contribution in [3.63, 3.8) is 0 Å². The van der Waals surface area contributed by atoms with Crippen molar-refractivity contribution < 1.29 is 38.6 Å². The molecule has 234 valence electrons. The van der Waals surface area contributed by atoms with Gasteiger partial charge < -0.3 is 24.8 Å². The summed E-state index contributed by atoms with van der Waals surface area (Å²) >= 11 is 0. The van der Waals surface area contributed by atoms with Crippen LogP contribution in [0.25, 0.3) is 0 Å². The standard InChI is InChI=1S/C32H43N3O8/c1-21(2)27(28(37)33-24(30(39)40)19-26(36)43-32(3,4)5)35(7)29(38)25(18-22-14-10-8-11-15-22)34(6)31(41)42-20-23-16-12-9-13-17-23/h8-17,21,24-25,27H,18-20H2,1-7H3,(H,33,37)(H,39,40)/t24-,25-,27-/m0/s1. The van der Waals surface area contributed by atoms with Crippen LogP contribution in [0.4, 0.5) is 4.79 Å². The zero-order valence-electron chi connectivity index (χ0n) is 25.9. The molecule has 2 aromatic rings. The number of hydrogen-bond donors (Lipinski definition) is 2. The maximum atomic E-state index is 14.0. The molecule has 0 unspecified atom stereocenters. The summed E-state index contributed by atoms with van der Waals surface area (Å²) in [6.07, 6.45) is -1.17. The minimum absolute atomic E-state index is 0.0113. The molecule has 0 saturated heterocycles. The highest BCUT2D eigenvalue weighted by atomic mass is 16.6. The van der Waals surface area contributed by atoms with Crippen molar-refractivity contribution in [3.05, 3.63) is 71.8 Å². The van der Waals surface area contributed by atoms with Gasteiger partial charge in [-0.1, -0.05) is 74.5 Å². The highest BCUT2D eigenvalue weighted by molar-refractivity contribution is 5.94. The highest BCUT2D eigenvalue weighted by Gasteiger charge is 2.38. The molecule has 0 bridgehead atoms. The number of aliphatic carboxylic acids is 1. The molecular weight excluding hydrogens is 554 g/mol. The van der Waals surface area contributed by atoms with Crippen LogP contribution in [0.5, 0.6) is 0 Å². The lowest BCUT2D eigenvalue weighted by atomic mass is 9.98. The fourth-order valence-corrected chi connectivity index (χ4v) is 4.48. The van der Waals surface area contributed by atoms with Crippen LogP contribution in [0, 0.1) is 5.92 Å². The molecule has 3 atom stereocenters. The van der Waals surface area contributed by atoms with Gasteiger partial charge in [0, 0.05) is 20.5 Å². The smallest absolute Gasteiger partial charge is 0.410 e. The molecule has 0 aromatic heterocycles. The molecule has 11 nitrogen and oxygen atoms in total. The summed E-state index contributed by atoms with van der Waals surface area (Å²) < 4.78 is 10.7. The third-order valence-electron chi connectivity index (χ3n) is 6.59. The lowest BCUT2D eigenvalue weighted by molar-refractivity contribution is -0.159. The third-order valence-corrected chi connectivity index (χ3v) is 6.59. The van der Waals surface area contributed by atoms with Crippen molar-refractivity contribution in [2.24, 2.45) is 5.92 Å². The number of esters is 1. The molecule has 2 aromatic carbocycles. The van der Waals surface area contributed by atoms with Crippen LogP contribution in [-0.4, -0.2) is 82.6 Å². The summed E-state index contributed by atoms with van der Waals surface area (Å²) in [6, 6.07) is 14.5. The number of rotatable bonds is 13. The van der Waals surface area contributed by atoms with Crippen LogP contribution in [0.2, 0.25) is 0 Å². The van der Waals surface area contributed by atoms with Gasteiger partial charge in [0.1, 0.15) is 30.3 Å². The van der Waals surface area contributed by atoms with Gasteiger partial charge >= 0.3 is 18.0 Å². The van der Waals surface area contributed by atoms with Gasteiger partial charge in [-0.2, -0.15) is 0 Å². The molecular formula is C32H43N3O8. The van der Waals surface area contributed by atoms with E-state index in [4.69, 9.17) is 9.47 Å². The summed E-state index contributed by atoms with van der Waals surface area (Å²) in [5.74, 6) is -3.95. The van der Waals surface area contributed by atoms with Crippen molar-refractivity contribution in [1.82, 2.24) is 15.1 Å². The van der Waals surface area contributed by atoms with E-state index in [1.54, 1.807) is 34.6 Å². The molecule has 0 heterocycles. The van der Waals surface area contributed by atoms with Gasteiger partial charge in [-0.25, -0.2) is 9.59 Å². The number of nitrogens with zero attached hydrogens (tertiary/aromatic N) is 2. The molecule has 3 amide bonds. The molecule has 0 aliphatic rings. The lowest BCUT2D eigenvalue weighted by Gasteiger charge is -2.36. The van der Waals surface area contributed by atoms with E-state index in [2.05, 4.69) is 5.32 Å². The van der Waals surface area contributed by atoms with Crippen LogP contribution in [-0.2, 0) is 41.7 Å².